The number of aromatic nitrogens is 2. The Hall–Kier alpha value is -2.49. The van der Waals surface area contributed by atoms with Gasteiger partial charge in [-0.05, 0) is 37.8 Å². The van der Waals surface area contributed by atoms with Crippen LogP contribution >= 0.6 is 0 Å². The molecule has 1 aliphatic heterocycles. The summed E-state index contributed by atoms with van der Waals surface area (Å²) >= 11 is 0. The standard InChI is InChI=1S/C21H25N3O/c1-3-7-19(17-8-5-4-6-9-17)21(25)24-14-11-18(12-15-24)20-22-13-10-16(2)23-20/h3-6,8-10,13,18-19H,1,7,11-12,14-15H2,2H3. The van der Waals surface area contributed by atoms with Crippen molar-refractivity contribution in [2.45, 2.75) is 38.0 Å². The molecule has 1 aliphatic rings. The molecule has 4 heteroatoms. The Balaban J connectivity index is 1.66. The molecule has 1 aromatic heterocycles. The van der Waals surface area contributed by atoms with E-state index < -0.39 is 0 Å². The minimum absolute atomic E-state index is 0.134. The fraction of sp³-hybridized carbons (Fsp3) is 0.381. The average molecular weight is 335 g/mol. The third-order valence-corrected chi connectivity index (χ3v) is 4.89. The summed E-state index contributed by atoms with van der Waals surface area (Å²) in [6.07, 6.45) is 6.17. The summed E-state index contributed by atoms with van der Waals surface area (Å²) in [4.78, 5) is 24.0. The number of hydrogen-bond acceptors (Lipinski definition) is 3. The van der Waals surface area contributed by atoms with Gasteiger partial charge in [0.1, 0.15) is 5.82 Å². The van der Waals surface area contributed by atoms with Crippen molar-refractivity contribution in [1.82, 2.24) is 14.9 Å². The van der Waals surface area contributed by atoms with E-state index in [0.717, 1.165) is 43.0 Å². The maximum absolute atomic E-state index is 13.0. The number of carbonyl (C=O) groups excluding carboxylic acids is 1. The molecule has 0 aliphatic carbocycles. The smallest absolute Gasteiger partial charge is 0.230 e. The van der Waals surface area contributed by atoms with Gasteiger partial charge in [0.15, 0.2) is 0 Å². The summed E-state index contributed by atoms with van der Waals surface area (Å²) in [7, 11) is 0. The first-order valence-corrected chi connectivity index (χ1v) is 8.93. The number of benzene rings is 1. The molecule has 1 amide bonds. The molecule has 25 heavy (non-hydrogen) atoms. The number of rotatable bonds is 5. The monoisotopic (exact) mass is 335 g/mol. The van der Waals surface area contributed by atoms with Gasteiger partial charge in [0.05, 0.1) is 5.92 Å². The molecule has 1 fully saturated rings. The number of aryl methyl sites for hydroxylation is 1. The fourth-order valence-corrected chi connectivity index (χ4v) is 3.47. The van der Waals surface area contributed by atoms with E-state index in [1.807, 2.05) is 60.5 Å². The van der Waals surface area contributed by atoms with Gasteiger partial charge in [0.25, 0.3) is 0 Å². The molecule has 0 saturated carbocycles. The lowest BCUT2D eigenvalue weighted by atomic mass is 9.91. The molecule has 1 saturated heterocycles. The highest BCUT2D eigenvalue weighted by Gasteiger charge is 2.29. The molecular formula is C21H25N3O. The highest BCUT2D eigenvalue weighted by atomic mass is 16.2. The average Bonchev–Trinajstić information content (AvgIpc) is 2.66. The molecule has 2 aromatic rings. The summed E-state index contributed by atoms with van der Waals surface area (Å²) in [6.45, 7) is 7.35. The zero-order valence-electron chi connectivity index (χ0n) is 14.8. The van der Waals surface area contributed by atoms with Crippen LogP contribution in [0.1, 0.15) is 48.2 Å². The molecule has 1 unspecified atom stereocenters. The number of hydrogen-bond donors (Lipinski definition) is 0. The third-order valence-electron chi connectivity index (χ3n) is 4.89. The largest absolute Gasteiger partial charge is 0.342 e. The second-order valence-corrected chi connectivity index (χ2v) is 6.64. The van der Waals surface area contributed by atoms with Crippen molar-refractivity contribution >= 4 is 5.91 Å². The normalized spacial score (nSPS) is 16.4. The molecule has 1 atom stereocenters. The fourth-order valence-electron chi connectivity index (χ4n) is 3.47. The molecule has 3 rings (SSSR count). The highest BCUT2D eigenvalue weighted by Crippen LogP contribution is 2.29. The van der Waals surface area contributed by atoms with E-state index in [0.29, 0.717) is 12.3 Å². The minimum Gasteiger partial charge on any atom is -0.342 e. The zero-order valence-corrected chi connectivity index (χ0v) is 14.8. The minimum atomic E-state index is -0.134. The van der Waals surface area contributed by atoms with Gasteiger partial charge in [0.2, 0.25) is 5.91 Å². The van der Waals surface area contributed by atoms with Crippen LogP contribution in [0.2, 0.25) is 0 Å². The Labute approximate surface area is 149 Å². The maximum atomic E-state index is 13.0. The van der Waals surface area contributed by atoms with Crippen molar-refractivity contribution in [1.29, 1.82) is 0 Å². The first kappa shape index (κ1) is 17.3. The van der Waals surface area contributed by atoms with Gasteiger partial charge in [-0.1, -0.05) is 36.4 Å². The van der Waals surface area contributed by atoms with E-state index in [1.54, 1.807) is 0 Å². The van der Waals surface area contributed by atoms with Crippen LogP contribution in [-0.4, -0.2) is 33.9 Å². The van der Waals surface area contributed by atoms with Crippen LogP contribution in [0.25, 0.3) is 0 Å². The first-order chi connectivity index (χ1) is 12.2. The van der Waals surface area contributed by atoms with E-state index >= 15 is 0 Å². The summed E-state index contributed by atoms with van der Waals surface area (Å²) in [5, 5.41) is 0. The highest BCUT2D eigenvalue weighted by molar-refractivity contribution is 5.84. The molecule has 0 N–H and O–H groups in total. The lowest BCUT2D eigenvalue weighted by molar-refractivity contribution is -0.133. The van der Waals surface area contributed by atoms with Gasteiger partial charge < -0.3 is 4.90 Å². The van der Waals surface area contributed by atoms with Gasteiger partial charge in [-0.15, -0.1) is 6.58 Å². The Bertz CT molecular complexity index is 721. The number of carbonyl (C=O) groups is 1. The molecule has 0 bridgehead atoms. The van der Waals surface area contributed by atoms with Crippen molar-refractivity contribution in [3.05, 3.63) is 72.3 Å². The molecule has 2 heterocycles. The Morgan fingerprint density at radius 3 is 2.64 bits per heavy atom. The van der Waals surface area contributed by atoms with Crippen molar-refractivity contribution < 1.29 is 4.79 Å². The molecule has 4 nitrogen and oxygen atoms in total. The quantitative estimate of drug-likeness (QED) is 0.780. The second kappa shape index (κ2) is 8.06. The van der Waals surface area contributed by atoms with E-state index in [2.05, 4.69) is 16.5 Å². The molecule has 130 valence electrons. The molecule has 0 radical (unpaired) electrons. The van der Waals surface area contributed by atoms with Crippen LogP contribution < -0.4 is 0 Å². The van der Waals surface area contributed by atoms with E-state index in [4.69, 9.17) is 0 Å². The Morgan fingerprint density at radius 2 is 2.00 bits per heavy atom. The van der Waals surface area contributed by atoms with Gasteiger partial charge in [0, 0.05) is 30.9 Å². The lowest BCUT2D eigenvalue weighted by Gasteiger charge is -2.33. The van der Waals surface area contributed by atoms with Gasteiger partial charge in [-0.3, -0.25) is 4.79 Å². The van der Waals surface area contributed by atoms with Crippen LogP contribution in [0, 0.1) is 6.92 Å². The SMILES string of the molecule is C=CCC(C(=O)N1CCC(c2nccc(C)n2)CC1)c1ccccc1. The summed E-state index contributed by atoms with van der Waals surface area (Å²) in [5.74, 6) is 1.33. The van der Waals surface area contributed by atoms with Crippen molar-refractivity contribution in [2.24, 2.45) is 0 Å². The number of likely N-dealkylation sites (tertiary alicyclic amines) is 1. The Morgan fingerprint density at radius 1 is 1.28 bits per heavy atom. The maximum Gasteiger partial charge on any atom is 0.230 e. The predicted molar refractivity (Wildman–Crippen MR) is 99.3 cm³/mol. The van der Waals surface area contributed by atoms with E-state index in [-0.39, 0.29) is 11.8 Å². The van der Waals surface area contributed by atoms with Crippen LogP contribution in [0.15, 0.2) is 55.3 Å². The molecule has 0 spiro atoms. The van der Waals surface area contributed by atoms with Crippen LogP contribution in [0.5, 0.6) is 0 Å². The van der Waals surface area contributed by atoms with Crippen molar-refractivity contribution in [2.75, 3.05) is 13.1 Å². The van der Waals surface area contributed by atoms with Crippen LogP contribution in [0.3, 0.4) is 0 Å². The first-order valence-electron chi connectivity index (χ1n) is 8.93. The zero-order chi connectivity index (χ0) is 17.6. The summed E-state index contributed by atoms with van der Waals surface area (Å²) in [6, 6.07) is 11.9. The molecule has 1 aromatic carbocycles. The van der Waals surface area contributed by atoms with Gasteiger partial charge >= 0.3 is 0 Å². The lowest BCUT2D eigenvalue weighted by Crippen LogP contribution is -2.40. The topological polar surface area (TPSA) is 46.1 Å². The summed E-state index contributed by atoms with van der Waals surface area (Å²) < 4.78 is 0. The molecular weight excluding hydrogens is 310 g/mol. The summed E-state index contributed by atoms with van der Waals surface area (Å²) in [5.41, 5.74) is 2.06. The second-order valence-electron chi connectivity index (χ2n) is 6.64. The van der Waals surface area contributed by atoms with Crippen molar-refractivity contribution in [3.63, 3.8) is 0 Å². The van der Waals surface area contributed by atoms with Crippen molar-refractivity contribution in [3.8, 4) is 0 Å². The Kier molecular flexibility index (Phi) is 5.59. The number of nitrogens with zero attached hydrogens (tertiary/aromatic N) is 3. The van der Waals surface area contributed by atoms with Gasteiger partial charge in [-0.25, -0.2) is 9.97 Å². The predicted octanol–water partition coefficient (Wildman–Crippen LogP) is 3.85. The van der Waals surface area contributed by atoms with E-state index in [9.17, 15) is 4.79 Å². The van der Waals surface area contributed by atoms with Crippen LogP contribution in [0.4, 0.5) is 0 Å². The van der Waals surface area contributed by atoms with Gasteiger partial charge in [-0.2, -0.15) is 0 Å². The van der Waals surface area contributed by atoms with E-state index in [1.165, 1.54) is 0 Å². The number of amides is 1. The number of piperidine rings is 1. The number of allylic oxidation sites excluding steroid dienone is 1. The van der Waals surface area contributed by atoms with Crippen LogP contribution in [-0.2, 0) is 4.79 Å². The third kappa shape index (κ3) is 4.13.